The van der Waals surface area contributed by atoms with Crippen LogP contribution in [0.15, 0.2) is 182 Å². The molecule has 1 aliphatic heterocycles. The van der Waals surface area contributed by atoms with E-state index in [2.05, 4.69) is 242 Å². The number of hydrogen-bond acceptors (Lipinski definition) is 3. The molecule has 3 nitrogen and oxygen atoms in total. The third-order valence-electron chi connectivity index (χ3n) is 14.9. The standard InChI is InChI=1S/C60H54BNO2/c1-57(2)53-20-14-12-18-49(53)51-32-24-41(37-55(51)57)43-34-44(42-25-33-52-50-19-13-15-21-54(50)58(3,4)56(52)38-42)36-48(35-43)62(46-28-22-40(23-29-46)39-16-10-9-11-17-39)47-30-26-45(27-31-47)61-63-59(5,6)60(7,8)64-61/h9-38H,1-8H3. The maximum absolute atomic E-state index is 6.50. The van der Waals surface area contributed by atoms with Crippen molar-refractivity contribution in [1.29, 1.82) is 0 Å². The summed E-state index contributed by atoms with van der Waals surface area (Å²) in [5, 5.41) is 0. The molecule has 11 rings (SSSR count). The van der Waals surface area contributed by atoms with Crippen LogP contribution in [0.25, 0.3) is 55.6 Å². The molecule has 3 aliphatic rings. The molecule has 0 atom stereocenters. The summed E-state index contributed by atoms with van der Waals surface area (Å²) in [4.78, 5) is 2.40. The third kappa shape index (κ3) is 6.41. The third-order valence-corrected chi connectivity index (χ3v) is 14.9. The molecule has 0 radical (unpaired) electrons. The van der Waals surface area contributed by atoms with Gasteiger partial charge in [-0.15, -0.1) is 0 Å². The van der Waals surface area contributed by atoms with Crippen molar-refractivity contribution >= 4 is 29.6 Å². The quantitative estimate of drug-likeness (QED) is 0.149. The second-order valence-corrected chi connectivity index (χ2v) is 20.1. The van der Waals surface area contributed by atoms with Crippen LogP contribution in [0.5, 0.6) is 0 Å². The first kappa shape index (κ1) is 40.3. The van der Waals surface area contributed by atoms with Crippen molar-refractivity contribution < 1.29 is 9.31 Å². The lowest BCUT2D eigenvalue weighted by atomic mass is 9.79. The Morgan fingerprint density at radius 2 is 0.734 bits per heavy atom. The molecule has 4 heteroatoms. The topological polar surface area (TPSA) is 21.7 Å². The summed E-state index contributed by atoms with van der Waals surface area (Å²) in [6.07, 6.45) is 0. The van der Waals surface area contributed by atoms with E-state index in [4.69, 9.17) is 9.31 Å². The number of anilines is 3. The van der Waals surface area contributed by atoms with Crippen molar-refractivity contribution in [2.45, 2.75) is 77.4 Å². The van der Waals surface area contributed by atoms with Gasteiger partial charge in [-0.3, -0.25) is 0 Å². The van der Waals surface area contributed by atoms with Crippen LogP contribution in [0.4, 0.5) is 17.1 Å². The zero-order valence-electron chi connectivity index (χ0n) is 38.2. The number of benzene rings is 8. The SMILES string of the molecule is CC1(C)c2ccccc2-c2ccc(-c3cc(-c4ccc5c(c4)C(C)(C)c4ccccc4-5)cc(N(c4ccc(B5OC(C)(C)C(C)(C)O5)cc4)c4ccc(-c5ccccc5)cc4)c3)cc21. The van der Waals surface area contributed by atoms with Crippen LogP contribution in [0.1, 0.15) is 77.6 Å². The van der Waals surface area contributed by atoms with E-state index >= 15 is 0 Å². The van der Waals surface area contributed by atoms with Crippen molar-refractivity contribution in [1.82, 2.24) is 0 Å². The molecule has 8 aromatic rings. The molecule has 0 spiro atoms. The molecule has 0 saturated carbocycles. The molecule has 0 N–H and O–H groups in total. The first-order valence-electron chi connectivity index (χ1n) is 22.8. The molecule has 0 aromatic heterocycles. The maximum atomic E-state index is 6.50. The summed E-state index contributed by atoms with van der Waals surface area (Å²) in [7, 11) is -0.446. The Labute approximate surface area is 379 Å². The van der Waals surface area contributed by atoms with Gasteiger partial charge in [0.15, 0.2) is 0 Å². The van der Waals surface area contributed by atoms with E-state index in [-0.39, 0.29) is 10.8 Å². The summed E-state index contributed by atoms with van der Waals surface area (Å²) in [5.41, 5.74) is 21.0. The molecular formula is C60H54BNO2. The Kier molecular flexibility index (Phi) is 9.16. The fourth-order valence-corrected chi connectivity index (χ4v) is 10.5. The Hall–Kier alpha value is -6.46. The predicted octanol–water partition coefficient (Wildman–Crippen LogP) is 15.1. The summed E-state index contributed by atoms with van der Waals surface area (Å²) in [6.45, 7) is 17.9. The van der Waals surface area contributed by atoms with E-state index in [9.17, 15) is 0 Å². The zero-order chi connectivity index (χ0) is 44.2. The summed E-state index contributed by atoms with van der Waals surface area (Å²) >= 11 is 0. The van der Waals surface area contributed by atoms with Crippen LogP contribution in [0.2, 0.25) is 0 Å². The molecule has 1 heterocycles. The van der Waals surface area contributed by atoms with Crippen molar-refractivity contribution in [3.05, 3.63) is 204 Å². The first-order chi connectivity index (χ1) is 30.7. The van der Waals surface area contributed by atoms with E-state index in [1.807, 2.05) is 0 Å². The molecule has 0 bridgehead atoms. The summed E-state index contributed by atoms with van der Waals surface area (Å²) in [6, 6.07) is 67.5. The molecule has 0 unspecified atom stereocenters. The average Bonchev–Trinajstić information content (AvgIpc) is 3.79. The van der Waals surface area contributed by atoms with Crippen LogP contribution >= 0.6 is 0 Å². The van der Waals surface area contributed by atoms with E-state index in [0.29, 0.717) is 0 Å². The molecule has 0 amide bonds. The Morgan fingerprint density at radius 1 is 0.328 bits per heavy atom. The number of rotatable bonds is 7. The zero-order valence-corrected chi connectivity index (χ0v) is 38.2. The van der Waals surface area contributed by atoms with Crippen LogP contribution in [0, 0.1) is 0 Å². The minimum atomic E-state index is -0.446. The fraction of sp³-hybridized carbons (Fsp3) is 0.200. The van der Waals surface area contributed by atoms with Crippen molar-refractivity contribution in [2.75, 3.05) is 4.90 Å². The highest BCUT2D eigenvalue weighted by Gasteiger charge is 2.51. The van der Waals surface area contributed by atoms with Crippen molar-refractivity contribution in [3.63, 3.8) is 0 Å². The Morgan fingerprint density at radius 3 is 1.23 bits per heavy atom. The van der Waals surface area contributed by atoms with E-state index in [0.717, 1.165) is 22.5 Å². The number of hydrogen-bond donors (Lipinski definition) is 0. The Balaban J connectivity index is 1.09. The van der Waals surface area contributed by atoms with Gasteiger partial charge in [0.05, 0.1) is 11.2 Å². The highest BCUT2D eigenvalue weighted by atomic mass is 16.7. The fourth-order valence-electron chi connectivity index (χ4n) is 10.5. The van der Waals surface area contributed by atoms with Gasteiger partial charge >= 0.3 is 7.12 Å². The van der Waals surface area contributed by atoms with Crippen LogP contribution in [-0.2, 0) is 20.1 Å². The van der Waals surface area contributed by atoms with Gasteiger partial charge in [0.25, 0.3) is 0 Å². The molecule has 64 heavy (non-hydrogen) atoms. The first-order valence-corrected chi connectivity index (χ1v) is 22.8. The molecule has 8 aromatic carbocycles. The van der Waals surface area contributed by atoms with Gasteiger partial charge in [-0.2, -0.15) is 0 Å². The molecule has 1 fully saturated rings. The average molecular weight is 832 g/mol. The van der Waals surface area contributed by atoms with Gasteiger partial charge in [-0.25, -0.2) is 0 Å². The minimum absolute atomic E-state index is 0.117. The second kappa shape index (κ2) is 14.5. The second-order valence-electron chi connectivity index (χ2n) is 20.1. The van der Waals surface area contributed by atoms with Gasteiger partial charge in [0.1, 0.15) is 0 Å². The largest absolute Gasteiger partial charge is 0.494 e. The van der Waals surface area contributed by atoms with Gasteiger partial charge < -0.3 is 14.2 Å². The number of fused-ring (bicyclic) bond motifs is 6. The highest BCUT2D eigenvalue weighted by molar-refractivity contribution is 6.62. The van der Waals surface area contributed by atoms with Gasteiger partial charge in [0, 0.05) is 27.9 Å². The molecule has 2 aliphatic carbocycles. The lowest BCUT2D eigenvalue weighted by Gasteiger charge is -2.32. The normalized spacial score (nSPS) is 16.8. The van der Waals surface area contributed by atoms with Gasteiger partial charge in [-0.1, -0.05) is 155 Å². The van der Waals surface area contributed by atoms with Crippen LogP contribution in [-0.4, -0.2) is 18.3 Å². The lowest BCUT2D eigenvalue weighted by Crippen LogP contribution is -2.41. The lowest BCUT2D eigenvalue weighted by molar-refractivity contribution is 0.00578. The summed E-state index contributed by atoms with van der Waals surface area (Å²) < 4.78 is 13.0. The maximum Gasteiger partial charge on any atom is 0.494 e. The van der Waals surface area contributed by atoms with E-state index in [1.54, 1.807) is 0 Å². The number of nitrogens with zero attached hydrogens (tertiary/aromatic N) is 1. The smallest absolute Gasteiger partial charge is 0.399 e. The van der Waals surface area contributed by atoms with Gasteiger partial charge in [0.2, 0.25) is 0 Å². The van der Waals surface area contributed by atoms with Crippen molar-refractivity contribution in [3.8, 4) is 55.6 Å². The molecule has 314 valence electrons. The van der Waals surface area contributed by atoms with Crippen LogP contribution in [0.3, 0.4) is 0 Å². The van der Waals surface area contributed by atoms with Crippen LogP contribution < -0.4 is 10.4 Å². The highest BCUT2D eigenvalue weighted by Crippen LogP contribution is 2.52. The van der Waals surface area contributed by atoms with Gasteiger partial charge in [-0.05, 0) is 166 Å². The van der Waals surface area contributed by atoms with E-state index < -0.39 is 18.3 Å². The minimum Gasteiger partial charge on any atom is -0.399 e. The predicted molar refractivity (Wildman–Crippen MR) is 268 cm³/mol. The monoisotopic (exact) mass is 831 g/mol. The summed E-state index contributed by atoms with van der Waals surface area (Å²) in [5.74, 6) is 0. The molecular weight excluding hydrogens is 777 g/mol. The Bertz CT molecular complexity index is 2970. The molecule has 1 saturated heterocycles. The van der Waals surface area contributed by atoms with E-state index in [1.165, 1.54) is 77.9 Å². The van der Waals surface area contributed by atoms with Crippen molar-refractivity contribution in [2.24, 2.45) is 0 Å².